The van der Waals surface area contributed by atoms with Gasteiger partial charge in [0.15, 0.2) is 30.6 Å². The molecule has 0 spiro atoms. The van der Waals surface area contributed by atoms with Gasteiger partial charge >= 0.3 is 5.97 Å². The van der Waals surface area contributed by atoms with Crippen molar-refractivity contribution in [1.29, 1.82) is 0 Å². The van der Waals surface area contributed by atoms with Crippen molar-refractivity contribution in [2.24, 2.45) is 0 Å². The number of carbonyl (C=O) groups excluding carboxylic acids is 2. The Morgan fingerprint density at radius 3 is 2.43 bits per heavy atom. The highest BCUT2D eigenvalue weighted by molar-refractivity contribution is 5.98. The third-order valence-corrected chi connectivity index (χ3v) is 3.38. The molecule has 2 aromatic rings. The van der Waals surface area contributed by atoms with Crippen molar-refractivity contribution < 1.29 is 23.5 Å². The molecule has 0 radical (unpaired) electrons. The third-order valence-electron chi connectivity index (χ3n) is 3.38. The second kappa shape index (κ2) is 7.54. The number of benzene rings is 2. The smallest absolute Gasteiger partial charge is 0.344 e. The fourth-order valence-corrected chi connectivity index (χ4v) is 1.88. The Labute approximate surface area is 133 Å². The molecule has 0 bridgehead atoms. The summed E-state index contributed by atoms with van der Waals surface area (Å²) in [6, 6.07) is 11.0. The lowest BCUT2D eigenvalue weighted by atomic mass is 10.0. The molecule has 4 nitrogen and oxygen atoms in total. The summed E-state index contributed by atoms with van der Waals surface area (Å²) < 4.78 is 23.2. The van der Waals surface area contributed by atoms with E-state index in [-0.39, 0.29) is 18.1 Å². The molecule has 5 heteroatoms. The van der Waals surface area contributed by atoms with E-state index in [1.165, 1.54) is 18.2 Å². The third kappa shape index (κ3) is 4.64. The van der Waals surface area contributed by atoms with Crippen LogP contribution in [0.15, 0.2) is 42.5 Å². The Bertz CT molecular complexity index is 725. The van der Waals surface area contributed by atoms with E-state index in [9.17, 15) is 14.0 Å². The molecule has 120 valence electrons. The average molecular weight is 316 g/mol. The fourth-order valence-electron chi connectivity index (χ4n) is 1.88. The lowest BCUT2D eigenvalue weighted by Gasteiger charge is -2.08. The van der Waals surface area contributed by atoms with Crippen LogP contribution in [-0.2, 0) is 9.53 Å². The number of carbonyl (C=O) groups is 2. The Hall–Kier alpha value is -2.69. The average Bonchev–Trinajstić information content (AvgIpc) is 2.54. The summed E-state index contributed by atoms with van der Waals surface area (Å²) in [5, 5.41) is 0. The van der Waals surface area contributed by atoms with Gasteiger partial charge in [-0.1, -0.05) is 24.3 Å². The summed E-state index contributed by atoms with van der Waals surface area (Å²) in [6.45, 7) is 3.02. The zero-order chi connectivity index (χ0) is 16.8. The summed E-state index contributed by atoms with van der Waals surface area (Å²) in [4.78, 5) is 23.5. The first-order valence-corrected chi connectivity index (χ1v) is 7.11. The van der Waals surface area contributed by atoms with E-state index in [0.717, 1.165) is 11.1 Å². The molecule has 0 saturated carbocycles. The van der Waals surface area contributed by atoms with Gasteiger partial charge in [-0.15, -0.1) is 0 Å². The number of esters is 1. The Kier molecular flexibility index (Phi) is 5.46. The second-order valence-corrected chi connectivity index (χ2v) is 5.10. The van der Waals surface area contributed by atoms with E-state index in [1.54, 1.807) is 18.2 Å². The molecule has 0 N–H and O–H groups in total. The van der Waals surface area contributed by atoms with Gasteiger partial charge in [0.05, 0.1) is 0 Å². The largest absolute Gasteiger partial charge is 0.479 e. The fraction of sp³-hybridized carbons (Fsp3) is 0.222. The Morgan fingerprint density at radius 1 is 1.00 bits per heavy atom. The maximum atomic E-state index is 13.3. The number of halogens is 1. The molecule has 0 aliphatic carbocycles. The van der Waals surface area contributed by atoms with Crippen LogP contribution in [0.2, 0.25) is 0 Å². The topological polar surface area (TPSA) is 52.6 Å². The first kappa shape index (κ1) is 16.7. The van der Waals surface area contributed by atoms with Crippen LogP contribution in [0.25, 0.3) is 0 Å². The lowest BCUT2D eigenvalue weighted by Crippen LogP contribution is -2.19. The van der Waals surface area contributed by atoms with Crippen LogP contribution < -0.4 is 4.74 Å². The van der Waals surface area contributed by atoms with Gasteiger partial charge in [0, 0.05) is 5.56 Å². The van der Waals surface area contributed by atoms with E-state index >= 15 is 0 Å². The maximum Gasteiger partial charge on any atom is 0.344 e. The first-order valence-electron chi connectivity index (χ1n) is 7.11. The number of hydrogen-bond acceptors (Lipinski definition) is 4. The highest BCUT2D eigenvalue weighted by Crippen LogP contribution is 2.15. The molecular formula is C18H17FO4. The summed E-state index contributed by atoms with van der Waals surface area (Å²) in [5.41, 5.74) is 2.55. The summed E-state index contributed by atoms with van der Waals surface area (Å²) >= 11 is 0. The molecule has 23 heavy (non-hydrogen) atoms. The van der Waals surface area contributed by atoms with Gasteiger partial charge in [0.1, 0.15) is 0 Å². The van der Waals surface area contributed by atoms with E-state index in [2.05, 4.69) is 0 Å². The van der Waals surface area contributed by atoms with Crippen LogP contribution in [0, 0.1) is 19.7 Å². The van der Waals surface area contributed by atoms with E-state index in [1.807, 2.05) is 19.9 Å². The molecule has 0 amide bonds. The van der Waals surface area contributed by atoms with E-state index in [0.29, 0.717) is 5.56 Å². The van der Waals surface area contributed by atoms with Crippen molar-refractivity contribution in [1.82, 2.24) is 0 Å². The SMILES string of the molecule is Cc1ccc(C(=O)COC(=O)COc2ccccc2F)cc1C. The van der Waals surface area contributed by atoms with Gasteiger partial charge in [-0.2, -0.15) is 0 Å². The van der Waals surface area contributed by atoms with Crippen LogP contribution in [0.5, 0.6) is 5.75 Å². The van der Waals surface area contributed by atoms with E-state index in [4.69, 9.17) is 9.47 Å². The van der Waals surface area contributed by atoms with Crippen molar-refractivity contribution in [3.63, 3.8) is 0 Å². The molecule has 0 heterocycles. The number of ether oxygens (including phenoxy) is 2. The van der Waals surface area contributed by atoms with E-state index < -0.39 is 18.4 Å². The van der Waals surface area contributed by atoms with Crippen LogP contribution >= 0.6 is 0 Å². The number of hydrogen-bond donors (Lipinski definition) is 0. The molecule has 0 aliphatic rings. The minimum absolute atomic E-state index is 0.0371. The van der Waals surface area contributed by atoms with Gasteiger partial charge in [-0.05, 0) is 43.2 Å². The molecule has 0 atom stereocenters. The van der Waals surface area contributed by atoms with Gasteiger partial charge < -0.3 is 9.47 Å². The predicted octanol–water partition coefficient (Wildman–Crippen LogP) is 3.25. The van der Waals surface area contributed by atoms with Gasteiger partial charge in [0.2, 0.25) is 0 Å². The molecule has 0 fully saturated rings. The Morgan fingerprint density at radius 2 is 1.74 bits per heavy atom. The lowest BCUT2D eigenvalue weighted by molar-refractivity contribution is -0.144. The molecule has 2 rings (SSSR count). The van der Waals surface area contributed by atoms with Crippen molar-refractivity contribution in [2.75, 3.05) is 13.2 Å². The van der Waals surface area contributed by atoms with Gasteiger partial charge in [0.25, 0.3) is 0 Å². The number of Topliss-reactive ketones (excluding diaryl/α,β-unsaturated/α-hetero) is 1. The summed E-state index contributed by atoms with van der Waals surface area (Å²) in [5.74, 6) is -1.63. The summed E-state index contributed by atoms with van der Waals surface area (Å²) in [7, 11) is 0. The van der Waals surface area contributed by atoms with Gasteiger partial charge in [-0.25, -0.2) is 9.18 Å². The highest BCUT2D eigenvalue weighted by atomic mass is 19.1. The number of aryl methyl sites for hydroxylation is 2. The molecule has 0 unspecified atom stereocenters. The number of rotatable bonds is 6. The first-order chi connectivity index (χ1) is 11.0. The van der Waals surface area contributed by atoms with Crippen molar-refractivity contribution in [3.8, 4) is 5.75 Å². The normalized spacial score (nSPS) is 10.2. The molecule has 2 aromatic carbocycles. The van der Waals surface area contributed by atoms with Crippen molar-refractivity contribution >= 4 is 11.8 Å². The monoisotopic (exact) mass is 316 g/mol. The van der Waals surface area contributed by atoms with Crippen LogP contribution in [0.3, 0.4) is 0 Å². The quantitative estimate of drug-likeness (QED) is 0.606. The number of ketones is 1. The van der Waals surface area contributed by atoms with Crippen LogP contribution in [0.1, 0.15) is 21.5 Å². The number of para-hydroxylation sites is 1. The highest BCUT2D eigenvalue weighted by Gasteiger charge is 2.12. The zero-order valence-electron chi connectivity index (χ0n) is 13.0. The van der Waals surface area contributed by atoms with Gasteiger partial charge in [-0.3, -0.25) is 4.79 Å². The zero-order valence-corrected chi connectivity index (χ0v) is 13.0. The van der Waals surface area contributed by atoms with Crippen LogP contribution in [-0.4, -0.2) is 25.0 Å². The minimum atomic E-state index is -0.731. The van der Waals surface area contributed by atoms with Crippen molar-refractivity contribution in [3.05, 3.63) is 65.0 Å². The maximum absolute atomic E-state index is 13.3. The molecule has 0 saturated heterocycles. The minimum Gasteiger partial charge on any atom is -0.479 e. The van der Waals surface area contributed by atoms with Crippen LogP contribution in [0.4, 0.5) is 4.39 Å². The standard InChI is InChI=1S/C18H17FO4/c1-12-7-8-14(9-13(12)2)16(20)10-23-18(21)11-22-17-6-4-3-5-15(17)19/h3-9H,10-11H2,1-2H3. The summed E-state index contributed by atoms with van der Waals surface area (Å²) in [6.07, 6.45) is 0. The van der Waals surface area contributed by atoms with Crippen molar-refractivity contribution in [2.45, 2.75) is 13.8 Å². The Balaban J connectivity index is 1.83. The molecule has 0 aliphatic heterocycles. The second-order valence-electron chi connectivity index (χ2n) is 5.10. The molecule has 0 aromatic heterocycles. The molecular weight excluding hydrogens is 299 g/mol. The predicted molar refractivity (Wildman–Crippen MR) is 83.1 cm³/mol.